The summed E-state index contributed by atoms with van der Waals surface area (Å²) in [5.74, 6) is -0.375. The fourth-order valence-corrected chi connectivity index (χ4v) is 1.69. The van der Waals surface area contributed by atoms with Crippen LogP contribution in [-0.2, 0) is 0 Å². The third-order valence-corrected chi connectivity index (χ3v) is 4.23. The summed E-state index contributed by atoms with van der Waals surface area (Å²) in [5.41, 5.74) is 6.55. The Balaban J connectivity index is 3.46. The third kappa shape index (κ3) is 1.66. The first-order chi connectivity index (χ1) is 5.04. The predicted octanol–water partition coefficient (Wildman–Crippen LogP) is 3.08. The Hall–Kier alpha value is 0.160. The minimum Gasteiger partial charge on any atom is -0.396 e. The SMILES string of the molecule is Cc1cc(N)c(F)c(Br)c1I. The molecule has 1 nitrogen and oxygen atoms in total. The van der Waals surface area contributed by atoms with Crippen LogP contribution in [0.3, 0.4) is 0 Å². The molecule has 0 atom stereocenters. The summed E-state index contributed by atoms with van der Waals surface area (Å²) in [6.45, 7) is 1.89. The van der Waals surface area contributed by atoms with Crippen LogP contribution in [0.15, 0.2) is 10.5 Å². The number of benzene rings is 1. The average Bonchev–Trinajstić information content (AvgIpc) is 1.97. The average molecular weight is 330 g/mol. The highest BCUT2D eigenvalue weighted by atomic mass is 127. The molecule has 60 valence electrons. The van der Waals surface area contributed by atoms with Crippen LogP contribution < -0.4 is 5.73 Å². The zero-order chi connectivity index (χ0) is 8.59. The number of halogens is 3. The van der Waals surface area contributed by atoms with Gasteiger partial charge in [-0.05, 0) is 57.1 Å². The van der Waals surface area contributed by atoms with E-state index in [4.69, 9.17) is 5.73 Å². The summed E-state index contributed by atoms with van der Waals surface area (Å²) >= 11 is 5.19. The molecule has 0 heterocycles. The van der Waals surface area contributed by atoms with Crippen LogP contribution in [-0.4, -0.2) is 0 Å². The normalized spacial score (nSPS) is 10.2. The molecule has 0 saturated heterocycles. The van der Waals surface area contributed by atoms with E-state index in [0.717, 1.165) is 9.13 Å². The fourth-order valence-electron chi connectivity index (χ4n) is 0.756. The molecule has 0 bridgehead atoms. The lowest BCUT2D eigenvalue weighted by atomic mass is 10.2. The molecule has 0 saturated carbocycles. The molecule has 0 aliphatic heterocycles. The van der Waals surface area contributed by atoms with Crippen LogP contribution in [0.4, 0.5) is 10.1 Å². The van der Waals surface area contributed by atoms with Crippen LogP contribution in [0.25, 0.3) is 0 Å². The van der Waals surface area contributed by atoms with Crippen molar-refractivity contribution < 1.29 is 4.39 Å². The molecular weight excluding hydrogens is 324 g/mol. The molecule has 1 aromatic rings. The van der Waals surface area contributed by atoms with Gasteiger partial charge in [0.25, 0.3) is 0 Å². The molecule has 0 amide bonds. The smallest absolute Gasteiger partial charge is 0.161 e. The van der Waals surface area contributed by atoms with E-state index < -0.39 is 0 Å². The summed E-state index contributed by atoms with van der Waals surface area (Å²) < 4.78 is 14.3. The maximum Gasteiger partial charge on any atom is 0.161 e. The Morgan fingerprint density at radius 1 is 1.64 bits per heavy atom. The van der Waals surface area contributed by atoms with Gasteiger partial charge in [0.1, 0.15) is 0 Å². The zero-order valence-electron chi connectivity index (χ0n) is 5.79. The molecule has 0 aliphatic rings. The van der Waals surface area contributed by atoms with Crippen molar-refractivity contribution in [3.63, 3.8) is 0 Å². The first-order valence-electron chi connectivity index (χ1n) is 2.93. The summed E-state index contributed by atoms with van der Waals surface area (Å²) in [6, 6.07) is 1.63. The number of rotatable bonds is 0. The van der Waals surface area contributed by atoms with Crippen LogP contribution >= 0.6 is 38.5 Å². The third-order valence-electron chi connectivity index (χ3n) is 1.36. The number of anilines is 1. The van der Waals surface area contributed by atoms with Crippen molar-refractivity contribution >= 4 is 44.2 Å². The van der Waals surface area contributed by atoms with Gasteiger partial charge in [0.05, 0.1) is 10.2 Å². The van der Waals surface area contributed by atoms with E-state index >= 15 is 0 Å². The molecular formula is C7H6BrFIN. The summed E-state index contributed by atoms with van der Waals surface area (Å²) in [7, 11) is 0. The molecule has 1 aromatic carbocycles. The van der Waals surface area contributed by atoms with E-state index in [9.17, 15) is 4.39 Å². The van der Waals surface area contributed by atoms with Crippen LogP contribution in [0.5, 0.6) is 0 Å². The second kappa shape index (κ2) is 3.26. The Morgan fingerprint density at radius 3 is 2.73 bits per heavy atom. The molecule has 4 heteroatoms. The van der Waals surface area contributed by atoms with E-state index in [-0.39, 0.29) is 11.5 Å². The Labute approximate surface area is 86.4 Å². The molecule has 1 rings (SSSR count). The van der Waals surface area contributed by atoms with Gasteiger partial charge in [0.15, 0.2) is 5.82 Å². The maximum atomic E-state index is 13.0. The molecule has 0 aliphatic carbocycles. The summed E-state index contributed by atoms with van der Waals surface area (Å²) in [6.07, 6.45) is 0. The number of aryl methyl sites for hydroxylation is 1. The van der Waals surface area contributed by atoms with Crippen LogP contribution in [0, 0.1) is 16.3 Å². The Morgan fingerprint density at radius 2 is 2.18 bits per heavy atom. The minimum atomic E-state index is -0.375. The first kappa shape index (κ1) is 9.25. The van der Waals surface area contributed by atoms with Gasteiger partial charge in [0.2, 0.25) is 0 Å². The van der Waals surface area contributed by atoms with Crippen LogP contribution in [0.1, 0.15) is 5.56 Å². The highest BCUT2D eigenvalue weighted by Crippen LogP contribution is 2.29. The molecule has 0 spiro atoms. The van der Waals surface area contributed by atoms with Gasteiger partial charge in [-0.25, -0.2) is 4.39 Å². The second-order valence-electron chi connectivity index (χ2n) is 2.22. The van der Waals surface area contributed by atoms with Crippen molar-refractivity contribution in [2.24, 2.45) is 0 Å². The number of nitrogen functional groups attached to an aromatic ring is 1. The number of hydrogen-bond donors (Lipinski definition) is 1. The lowest BCUT2D eigenvalue weighted by Crippen LogP contribution is -1.95. The van der Waals surface area contributed by atoms with Gasteiger partial charge in [-0.2, -0.15) is 0 Å². The molecule has 0 aromatic heterocycles. The van der Waals surface area contributed by atoms with Gasteiger partial charge >= 0.3 is 0 Å². The maximum absolute atomic E-state index is 13.0. The van der Waals surface area contributed by atoms with Gasteiger partial charge < -0.3 is 5.73 Å². The van der Waals surface area contributed by atoms with Gasteiger partial charge in [-0.1, -0.05) is 0 Å². The molecule has 2 N–H and O–H groups in total. The Kier molecular flexibility index (Phi) is 2.74. The zero-order valence-corrected chi connectivity index (χ0v) is 9.53. The quantitative estimate of drug-likeness (QED) is 0.442. The van der Waals surface area contributed by atoms with E-state index in [1.807, 2.05) is 6.92 Å². The highest BCUT2D eigenvalue weighted by molar-refractivity contribution is 14.1. The fraction of sp³-hybridized carbons (Fsp3) is 0.143. The second-order valence-corrected chi connectivity index (χ2v) is 4.10. The van der Waals surface area contributed by atoms with E-state index in [1.54, 1.807) is 6.07 Å². The lowest BCUT2D eigenvalue weighted by molar-refractivity contribution is 0.624. The standard InChI is InChI=1S/C7H6BrFIN/c1-3-2-4(11)6(9)5(8)7(3)10/h2H,11H2,1H3. The van der Waals surface area contributed by atoms with Crippen molar-refractivity contribution in [3.8, 4) is 0 Å². The monoisotopic (exact) mass is 329 g/mol. The predicted molar refractivity (Wildman–Crippen MR) is 56.0 cm³/mol. The summed E-state index contributed by atoms with van der Waals surface area (Å²) in [5, 5.41) is 0. The van der Waals surface area contributed by atoms with Gasteiger partial charge in [-0.15, -0.1) is 0 Å². The van der Waals surface area contributed by atoms with Crippen molar-refractivity contribution in [1.29, 1.82) is 0 Å². The van der Waals surface area contributed by atoms with Crippen molar-refractivity contribution in [2.75, 3.05) is 5.73 Å². The van der Waals surface area contributed by atoms with E-state index in [0.29, 0.717) is 4.47 Å². The van der Waals surface area contributed by atoms with E-state index in [2.05, 4.69) is 38.5 Å². The van der Waals surface area contributed by atoms with E-state index in [1.165, 1.54) is 0 Å². The summed E-state index contributed by atoms with van der Waals surface area (Å²) in [4.78, 5) is 0. The van der Waals surface area contributed by atoms with Crippen LogP contribution in [0.2, 0.25) is 0 Å². The molecule has 0 unspecified atom stereocenters. The molecule has 0 fully saturated rings. The molecule has 0 radical (unpaired) electrons. The number of nitrogens with two attached hydrogens (primary N) is 1. The first-order valence-corrected chi connectivity index (χ1v) is 4.80. The largest absolute Gasteiger partial charge is 0.396 e. The molecule has 11 heavy (non-hydrogen) atoms. The van der Waals surface area contributed by atoms with Gasteiger partial charge in [0, 0.05) is 3.57 Å². The van der Waals surface area contributed by atoms with Gasteiger partial charge in [-0.3, -0.25) is 0 Å². The highest BCUT2D eigenvalue weighted by Gasteiger charge is 2.09. The minimum absolute atomic E-state index is 0.190. The van der Waals surface area contributed by atoms with Crippen molar-refractivity contribution in [3.05, 3.63) is 25.5 Å². The lowest BCUT2D eigenvalue weighted by Gasteiger charge is -2.04. The number of hydrogen-bond acceptors (Lipinski definition) is 1. The van der Waals surface area contributed by atoms with Crippen molar-refractivity contribution in [1.82, 2.24) is 0 Å². The van der Waals surface area contributed by atoms with Crippen molar-refractivity contribution in [2.45, 2.75) is 6.92 Å². The topological polar surface area (TPSA) is 26.0 Å². The Bertz CT molecular complexity index is 275.